The van der Waals surface area contributed by atoms with Gasteiger partial charge >= 0.3 is 12.1 Å². The van der Waals surface area contributed by atoms with Crippen LogP contribution >= 0.6 is 0 Å². The molecule has 8 nitrogen and oxygen atoms in total. The second-order valence-corrected chi connectivity index (χ2v) is 8.90. The van der Waals surface area contributed by atoms with E-state index in [4.69, 9.17) is 11.5 Å². The van der Waals surface area contributed by atoms with Crippen molar-refractivity contribution >= 4 is 24.5 Å². The number of carbonyl (C=O) groups excluding carboxylic acids is 2. The lowest BCUT2D eigenvalue weighted by Gasteiger charge is -2.24. The average Bonchev–Trinajstić information content (AvgIpc) is 2.88. The van der Waals surface area contributed by atoms with Gasteiger partial charge in [0, 0.05) is 11.1 Å². The molecule has 2 aromatic rings. The summed E-state index contributed by atoms with van der Waals surface area (Å²) in [7, 11) is 0. The van der Waals surface area contributed by atoms with Gasteiger partial charge in [0.25, 0.3) is 0 Å². The van der Waals surface area contributed by atoms with E-state index in [9.17, 15) is 9.59 Å². The molecule has 0 unspecified atom stereocenters. The summed E-state index contributed by atoms with van der Waals surface area (Å²) in [6, 6.07) is 3.18. The summed E-state index contributed by atoms with van der Waals surface area (Å²) < 4.78 is 0. The number of amides is 4. The Balaban J connectivity index is 2.82. The normalized spacial score (nSPS) is 11.4. The summed E-state index contributed by atoms with van der Waals surface area (Å²) in [5.41, 5.74) is 27.3. The number of nitrogens with zero attached hydrogens (tertiary/aromatic N) is 2. The smallest absolute Gasteiger partial charge is 0.332 e. The fourth-order valence-corrected chi connectivity index (χ4v) is 5.13. The van der Waals surface area contributed by atoms with Crippen LogP contribution in [0.25, 0.3) is 0 Å². The molecule has 0 aliphatic rings. The van der Waals surface area contributed by atoms with E-state index in [0.29, 0.717) is 0 Å². The first-order valence-electron chi connectivity index (χ1n) is 13.3. The maximum atomic E-state index is 11.2. The standard InChI is InChI=1S/C29H42N6O2/c1-7-18-13-20(9-3)26(16-32-34-28(30)36)22(11-5)24(18)15-25-19(8-2)14-21(10-4)27(23(25)12-6)17-33-35-29(31)37/h13-14,16-17H,7-12,15H2,1-6H3,(H3,30,34,36)(H3,31,35,37)/b32-16+,33-17+. The minimum Gasteiger partial charge on any atom is -0.350 e. The summed E-state index contributed by atoms with van der Waals surface area (Å²) in [4.78, 5) is 22.4. The monoisotopic (exact) mass is 506 g/mol. The molecule has 0 fully saturated rings. The van der Waals surface area contributed by atoms with E-state index in [-0.39, 0.29) is 0 Å². The Morgan fingerprint density at radius 1 is 0.622 bits per heavy atom. The quantitative estimate of drug-likeness (QED) is 0.246. The highest BCUT2D eigenvalue weighted by molar-refractivity contribution is 5.87. The highest BCUT2D eigenvalue weighted by Crippen LogP contribution is 2.32. The summed E-state index contributed by atoms with van der Waals surface area (Å²) in [6.45, 7) is 13.0. The average molecular weight is 507 g/mol. The van der Waals surface area contributed by atoms with Gasteiger partial charge in [-0.25, -0.2) is 20.4 Å². The van der Waals surface area contributed by atoms with E-state index in [1.807, 2.05) is 0 Å². The van der Waals surface area contributed by atoms with Crippen LogP contribution in [-0.4, -0.2) is 24.5 Å². The number of aryl methyl sites for hydroxylation is 4. The Bertz CT molecular complexity index is 1090. The first kappa shape index (κ1) is 29.5. The number of hydrazone groups is 2. The molecule has 8 heteroatoms. The second kappa shape index (κ2) is 14.2. The number of benzene rings is 2. The summed E-state index contributed by atoms with van der Waals surface area (Å²) in [5.74, 6) is 0. The van der Waals surface area contributed by atoms with E-state index < -0.39 is 12.1 Å². The summed E-state index contributed by atoms with van der Waals surface area (Å²) in [5, 5.41) is 8.21. The minimum atomic E-state index is -0.686. The molecule has 0 aliphatic heterocycles. The predicted octanol–water partition coefficient (Wildman–Crippen LogP) is 4.66. The summed E-state index contributed by atoms with van der Waals surface area (Å²) in [6.07, 6.45) is 9.44. The Morgan fingerprint density at radius 3 is 1.24 bits per heavy atom. The molecule has 2 aromatic carbocycles. The van der Waals surface area contributed by atoms with E-state index in [1.54, 1.807) is 12.4 Å². The number of nitrogens with two attached hydrogens (primary N) is 2. The van der Waals surface area contributed by atoms with Gasteiger partial charge in [-0.2, -0.15) is 10.2 Å². The zero-order chi connectivity index (χ0) is 27.5. The van der Waals surface area contributed by atoms with Crippen LogP contribution in [-0.2, 0) is 44.9 Å². The third-order valence-electron chi connectivity index (χ3n) is 6.86. The third-order valence-corrected chi connectivity index (χ3v) is 6.86. The van der Waals surface area contributed by atoms with Crippen LogP contribution in [0.2, 0.25) is 0 Å². The molecule has 0 atom stereocenters. The van der Waals surface area contributed by atoms with Crippen LogP contribution in [0.3, 0.4) is 0 Å². The summed E-state index contributed by atoms with van der Waals surface area (Å²) >= 11 is 0. The highest BCUT2D eigenvalue weighted by atomic mass is 16.2. The Hall–Kier alpha value is -3.68. The lowest BCUT2D eigenvalue weighted by molar-refractivity contribution is 0.248. The molecule has 6 N–H and O–H groups in total. The molecule has 37 heavy (non-hydrogen) atoms. The molecule has 0 aliphatic carbocycles. The number of primary amides is 2. The van der Waals surface area contributed by atoms with Gasteiger partial charge in [-0.3, -0.25) is 0 Å². The number of rotatable bonds is 12. The molecule has 0 saturated heterocycles. The number of nitrogens with one attached hydrogen (secondary N) is 2. The van der Waals surface area contributed by atoms with Gasteiger partial charge in [-0.05, 0) is 89.5 Å². The third kappa shape index (κ3) is 7.18. The maximum absolute atomic E-state index is 11.2. The van der Waals surface area contributed by atoms with Crippen molar-refractivity contribution in [1.29, 1.82) is 0 Å². The van der Waals surface area contributed by atoms with Crippen molar-refractivity contribution in [1.82, 2.24) is 10.9 Å². The Labute approximate surface area is 221 Å². The Kier molecular flexibility index (Phi) is 11.3. The van der Waals surface area contributed by atoms with Crippen LogP contribution in [0.1, 0.15) is 97.2 Å². The van der Waals surface area contributed by atoms with Gasteiger partial charge in [0.1, 0.15) is 0 Å². The molecule has 0 heterocycles. The predicted molar refractivity (Wildman–Crippen MR) is 153 cm³/mol. The van der Waals surface area contributed by atoms with Gasteiger partial charge in [0.2, 0.25) is 0 Å². The van der Waals surface area contributed by atoms with Gasteiger partial charge in [-0.1, -0.05) is 53.7 Å². The largest absolute Gasteiger partial charge is 0.350 e. The van der Waals surface area contributed by atoms with E-state index in [2.05, 4.69) is 74.7 Å². The highest BCUT2D eigenvalue weighted by Gasteiger charge is 2.20. The molecule has 200 valence electrons. The molecule has 0 spiro atoms. The molecule has 4 amide bonds. The first-order valence-corrected chi connectivity index (χ1v) is 13.3. The fourth-order valence-electron chi connectivity index (χ4n) is 5.13. The van der Waals surface area contributed by atoms with Gasteiger partial charge in [0.05, 0.1) is 12.4 Å². The van der Waals surface area contributed by atoms with Crippen LogP contribution < -0.4 is 22.3 Å². The SMILES string of the molecule is CCc1cc(CC)c(Cc2c(CC)cc(CC)c(/C=N/NC(N)=O)c2CC)c(CC)c1/C=N/NC(N)=O. The van der Waals surface area contributed by atoms with Crippen molar-refractivity contribution < 1.29 is 9.59 Å². The van der Waals surface area contributed by atoms with Crippen LogP contribution in [0.15, 0.2) is 22.3 Å². The number of hydrogen-bond acceptors (Lipinski definition) is 4. The number of carbonyl (C=O) groups is 2. The zero-order valence-electron chi connectivity index (χ0n) is 23.1. The van der Waals surface area contributed by atoms with E-state index in [0.717, 1.165) is 56.1 Å². The van der Waals surface area contributed by atoms with Crippen LogP contribution in [0.5, 0.6) is 0 Å². The van der Waals surface area contributed by atoms with Gasteiger partial charge in [0.15, 0.2) is 0 Å². The number of hydrogen-bond donors (Lipinski definition) is 4. The molecule has 0 saturated carbocycles. The first-order chi connectivity index (χ1) is 17.8. The minimum absolute atomic E-state index is 0.686. The zero-order valence-corrected chi connectivity index (χ0v) is 23.1. The molecular weight excluding hydrogens is 464 g/mol. The lowest BCUT2D eigenvalue weighted by atomic mass is 9.81. The number of urea groups is 2. The van der Waals surface area contributed by atoms with Crippen molar-refractivity contribution in [2.45, 2.75) is 86.5 Å². The Morgan fingerprint density at radius 2 is 0.973 bits per heavy atom. The van der Waals surface area contributed by atoms with Crippen molar-refractivity contribution in [3.05, 3.63) is 67.8 Å². The maximum Gasteiger partial charge on any atom is 0.332 e. The van der Waals surface area contributed by atoms with Crippen molar-refractivity contribution in [2.75, 3.05) is 0 Å². The second-order valence-electron chi connectivity index (χ2n) is 8.90. The van der Waals surface area contributed by atoms with E-state index in [1.165, 1.54) is 44.5 Å². The topological polar surface area (TPSA) is 135 Å². The van der Waals surface area contributed by atoms with E-state index >= 15 is 0 Å². The molecule has 0 radical (unpaired) electrons. The van der Waals surface area contributed by atoms with Crippen molar-refractivity contribution in [3.8, 4) is 0 Å². The fraction of sp³-hybridized carbons (Fsp3) is 0.448. The van der Waals surface area contributed by atoms with Crippen LogP contribution in [0.4, 0.5) is 9.59 Å². The van der Waals surface area contributed by atoms with Crippen molar-refractivity contribution in [3.63, 3.8) is 0 Å². The molecule has 0 bridgehead atoms. The molecule has 0 aromatic heterocycles. The van der Waals surface area contributed by atoms with Gasteiger partial charge < -0.3 is 11.5 Å². The van der Waals surface area contributed by atoms with Crippen molar-refractivity contribution in [2.24, 2.45) is 21.7 Å². The lowest BCUT2D eigenvalue weighted by Crippen LogP contribution is -2.24. The molecule has 2 rings (SSSR count). The van der Waals surface area contributed by atoms with Gasteiger partial charge in [-0.15, -0.1) is 0 Å². The van der Waals surface area contributed by atoms with Crippen LogP contribution in [0, 0.1) is 0 Å². The molecular formula is C29H42N6O2.